The van der Waals surface area contributed by atoms with Crippen LogP contribution in [-0.4, -0.2) is 42.5 Å². The minimum absolute atomic E-state index is 0.0389. The zero-order valence-electron chi connectivity index (χ0n) is 15.7. The number of H-pyrrole nitrogens is 1. The fraction of sp³-hybridized carbons (Fsp3) is 0.238. The smallest absolute Gasteiger partial charge is 0.251 e. The molecule has 0 aliphatic carbocycles. The van der Waals surface area contributed by atoms with E-state index in [9.17, 15) is 9.59 Å². The van der Waals surface area contributed by atoms with Gasteiger partial charge in [0.25, 0.3) is 5.91 Å². The lowest BCUT2D eigenvalue weighted by molar-refractivity contribution is -0.147. The number of carbonyl (C=O) groups excluding carboxylic acids is 2. The van der Waals surface area contributed by atoms with E-state index < -0.39 is 6.04 Å². The van der Waals surface area contributed by atoms with Gasteiger partial charge in [-0.3, -0.25) is 9.59 Å². The number of benzene rings is 2. The van der Waals surface area contributed by atoms with Crippen LogP contribution in [0.25, 0.3) is 10.9 Å². The zero-order valence-corrected chi connectivity index (χ0v) is 15.7. The number of amides is 2. The van der Waals surface area contributed by atoms with Gasteiger partial charge in [-0.05, 0) is 30.3 Å². The van der Waals surface area contributed by atoms with Crippen molar-refractivity contribution < 1.29 is 19.1 Å². The number of β-lactam (4-membered cyclic amide) rings is 1. The molecule has 0 saturated carbocycles. The lowest BCUT2D eigenvalue weighted by atomic mass is 9.99. The van der Waals surface area contributed by atoms with Crippen LogP contribution in [0.3, 0.4) is 0 Å². The average molecular weight is 379 g/mol. The third-order valence-corrected chi connectivity index (χ3v) is 5.00. The van der Waals surface area contributed by atoms with Gasteiger partial charge in [0.2, 0.25) is 5.91 Å². The van der Waals surface area contributed by atoms with Crippen molar-refractivity contribution in [3.05, 3.63) is 54.2 Å². The van der Waals surface area contributed by atoms with Gasteiger partial charge in [0.15, 0.2) is 0 Å². The number of aromatic amines is 1. The van der Waals surface area contributed by atoms with Crippen molar-refractivity contribution in [2.45, 2.75) is 12.5 Å². The average Bonchev–Trinajstić information content (AvgIpc) is 3.13. The molecule has 2 aromatic carbocycles. The van der Waals surface area contributed by atoms with Crippen LogP contribution in [0, 0.1) is 0 Å². The SMILES string of the molecule is COc1cccc(NC(=O)C(c2c[nH]c3ccc(OC)cc23)N2CCC2=O)c1. The Balaban J connectivity index is 1.71. The summed E-state index contributed by atoms with van der Waals surface area (Å²) in [4.78, 5) is 30.1. The second-order valence-corrected chi connectivity index (χ2v) is 6.62. The first-order valence-corrected chi connectivity index (χ1v) is 9.00. The van der Waals surface area contributed by atoms with Gasteiger partial charge >= 0.3 is 0 Å². The Bertz CT molecular complexity index is 1040. The number of nitrogens with one attached hydrogen (secondary N) is 2. The van der Waals surface area contributed by atoms with Crippen LogP contribution in [0.2, 0.25) is 0 Å². The first kappa shape index (κ1) is 17.9. The molecule has 4 rings (SSSR count). The molecule has 28 heavy (non-hydrogen) atoms. The minimum atomic E-state index is -0.728. The third kappa shape index (κ3) is 3.15. The molecule has 144 valence electrons. The van der Waals surface area contributed by atoms with Crippen LogP contribution in [0.5, 0.6) is 11.5 Å². The summed E-state index contributed by atoms with van der Waals surface area (Å²) in [6, 6.07) is 12.0. The van der Waals surface area contributed by atoms with Crippen LogP contribution in [-0.2, 0) is 9.59 Å². The first-order chi connectivity index (χ1) is 13.6. The Labute approximate surface area is 162 Å². The van der Waals surface area contributed by atoms with Crippen molar-refractivity contribution in [1.82, 2.24) is 9.88 Å². The molecule has 7 nitrogen and oxygen atoms in total. The lowest BCUT2D eigenvalue weighted by Crippen LogP contribution is -2.49. The van der Waals surface area contributed by atoms with Gasteiger partial charge in [0.05, 0.1) is 14.2 Å². The molecule has 1 aliphatic heterocycles. The molecular formula is C21H21N3O4. The summed E-state index contributed by atoms with van der Waals surface area (Å²) in [7, 11) is 3.17. The van der Waals surface area contributed by atoms with Gasteiger partial charge < -0.3 is 24.7 Å². The Morgan fingerprint density at radius 1 is 1.14 bits per heavy atom. The molecule has 1 aromatic heterocycles. The quantitative estimate of drug-likeness (QED) is 0.645. The van der Waals surface area contributed by atoms with E-state index in [1.807, 2.05) is 18.2 Å². The fourth-order valence-corrected chi connectivity index (χ4v) is 3.44. The number of hydrogen-bond acceptors (Lipinski definition) is 4. The number of ether oxygens (including phenoxy) is 2. The molecule has 1 atom stereocenters. The van der Waals surface area contributed by atoms with E-state index in [-0.39, 0.29) is 11.8 Å². The second-order valence-electron chi connectivity index (χ2n) is 6.62. The second kappa shape index (κ2) is 7.26. The molecule has 1 saturated heterocycles. The van der Waals surface area contributed by atoms with Crippen LogP contribution in [0.15, 0.2) is 48.7 Å². The van der Waals surface area contributed by atoms with E-state index in [1.54, 1.807) is 49.6 Å². The van der Waals surface area contributed by atoms with Gasteiger partial charge in [0, 0.05) is 47.4 Å². The van der Waals surface area contributed by atoms with E-state index in [0.29, 0.717) is 30.2 Å². The molecule has 2 amide bonds. The van der Waals surface area contributed by atoms with Crippen molar-refractivity contribution in [1.29, 1.82) is 0 Å². The summed E-state index contributed by atoms with van der Waals surface area (Å²) in [5.41, 5.74) is 2.23. The van der Waals surface area contributed by atoms with Crippen LogP contribution < -0.4 is 14.8 Å². The lowest BCUT2D eigenvalue weighted by Gasteiger charge is -2.37. The van der Waals surface area contributed by atoms with Gasteiger partial charge in [-0.25, -0.2) is 0 Å². The largest absolute Gasteiger partial charge is 0.497 e. The summed E-state index contributed by atoms with van der Waals surface area (Å²) in [5.74, 6) is 1.02. The number of likely N-dealkylation sites (tertiary alicyclic amines) is 1. The third-order valence-electron chi connectivity index (χ3n) is 5.00. The van der Waals surface area contributed by atoms with Gasteiger partial charge in [0.1, 0.15) is 17.5 Å². The number of rotatable bonds is 6. The maximum Gasteiger partial charge on any atom is 0.251 e. The topological polar surface area (TPSA) is 83.7 Å². The molecule has 1 unspecified atom stereocenters. The van der Waals surface area contributed by atoms with E-state index in [0.717, 1.165) is 16.5 Å². The van der Waals surface area contributed by atoms with E-state index in [1.165, 1.54) is 0 Å². The standard InChI is InChI=1S/C21H21N3O4/c1-27-14-5-3-4-13(10-14)23-21(26)20(24-9-8-19(24)25)17-12-22-18-7-6-15(28-2)11-16(17)18/h3-7,10-12,20,22H,8-9H2,1-2H3,(H,23,26). The minimum Gasteiger partial charge on any atom is -0.497 e. The Hall–Kier alpha value is -3.48. The van der Waals surface area contributed by atoms with Crippen molar-refractivity contribution in [2.75, 3.05) is 26.1 Å². The molecule has 0 bridgehead atoms. The van der Waals surface area contributed by atoms with Crippen LogP contribution in [0.4, 0.5) is 5.69 Å². The molecule has 3 aromatic rings. The predicted molar refractivity (Wildman–Crippen MR) is 106 cm³/mol. The number of hydrogen-bond donors (Lipinski definition) is 2. The number of fused-ring (bicyclic) bond motifs is 1. The Morgan fingerprint density at radius 3 is 2.61 bits per heavy atom. The summed E-state index contributed by atoms with van der Waals surface area (Å²) in [6.45, 7) is 0.547. The Morgan fingerprint density at radius 2 is 1.93 bits per heavy atom. The Kier molecular flexibility index (Phi) is 4.65. The first-order valence-electron chi connectivity index (χ1n) is 9.00. The van der Waals surface area contributed by atoms with Gasteiger partial charge in [-0.15, -0.1) is 0 Å². The summed E-state index contributed by atoms with van der Waals surface area (Å²) in [6.07, 6.45) is 2.24. The van der Waals surface area contributed by atoms with Crippen LogP contribution in [0.1, 0.15) is 18.0 Å². The number of anilines is 1. The van der Waals surface area contributed by atoms with E-state index in [4.69, 9.17) is 9.47 Å². The van der Waals surface area contributed by atoms with Crippen molar-refractivity contribution in [3.63, 3.8) is 0 Å². The molecule has 1 fully saturated rings. The highest BCUT2D eigenvalue weighted by Crippen LogP contribution is 2.34. The van der Waals surface area contributed by atoms with Crippen molar-refractivity contribution in [3.8, 4) is 11.5 Å². The molecular weight excluding hydrogens is 358 g/mol. The predicted octanol–water partition coefficient (Wildman–Crippen LogP) is 3.10. The molecule has 2 N–H and O–H groups in total. The molecule has 1 aliphatic rings. The van der Waals surface area contributed by atoms with Crippen LogP contribution >= 0.6 is 0 Å². The molecule has 0 spiro atoms. The summed E-state index contributed by atoms with van der Waals surface area (Å²) in [5, 5.41) is 3.76. The maximum absolute atomic E-state index is 13.2. The maximum atomic E-state index is 13.2. The van der Waals surface area contributed by atoms with Gasteiger partial charge in [-0.2, -0.15) is 0 Å². The molecule has 7 heteroatoms. The summed E-state index contributed by atoms with van der Waals surface area (Å²) >= 11 is 0. The number of aromatic nitrogens is 1. The molecule has 2 heterocycles. The number of nitrogens with zero attached hydrogens (tertiary/aromatic N) is 1. The van der Waals surface area contributed by atoms with Crippen molar-refractivity contribution >= 4 is 28.4 Å². The fourth-order valence-electron chi connectivity index (χ4n) is 3.44. The zero-order chi connectivity index (χ0) is 19.7. The van der Waals surface area contributed by atoms with Gasteiger partial charge in [-0.1, -0.05) is 6.07 Å². The van der Waals surface area contributed by atoms with E-state index >= 15 is 0 Å². The normalized spacial score (nSPS) is 14.5. The monoisotopic (exact) mass is 379 g/mol. The van der Waals surface area contributed by atoms with Crippen molar-refractivity contribution in [2.24, 2.45) is 0 Å². The van der Waals surface area contributed by atoms with E-state index in [2.05, 4.69) is 10.3 Å². The highest BCUT2D eigenvalue weighted by atomic mass is 16.5. The number of methoxy groups -OCH3 is 2. The number of carbonyl (C=O) groups is 2. The molecule has 0 radical (unpaired) electrons. The highest BCUT2D eigenvalue weighted by molar-refractivity contribution is 6.02. The summed E-state index contributed by atoms with van der Waals surface area (Å²) < 4.78 is 10.5. The highest BCUT2D eigenvalue weighted by Gasteiger charge is 2.38.